The molecule has 5 heteroatoms. The molecule has 1 amide bonds. The summed E-state index contributed by atoms with van der Waals surface area (Å²) in [7, 11) is 1.46. The summed E-state index contributed by atoms with van der Waals surface area (Å²) < 4.78 is 24.4. The van der Waals surface area contributed by atoms with Gasteiger partial charge in [-0.25, -0.2) is 4.39 Å². The van der Waals surface area contributed by atoms with Crippen molar-refractivity contribution in [3.8, 4) is 5.75 Å². The van der Waals surface area contributed by atoms with Gasteiger partial charge in [-0.05, 0) is 26.0 Å². The largest absolute Gasteiger partial charge is 0.497 e. The van der Waals surface area contributed by atoms with E-state index >= 15 is 0 Å². The minimum atomic E-state index is -0.559. The maximum Gasteiger partial charge on any atom is 0.257 e. The van der Waals surface area contributed by atoms with Gasteiger partial charge in [0.15, 0.2) is 0 Å². The fourth-order valence-corrected chi connectivity index (χ4v) is 2.31. The van der Waals surface area contributed by atoms with Gasteiger partial charge in [-0.1, -0.05) is 0 Å². The molecule has 2 atom stereocenters. The second kappa shape index (κ2) is 5.57. The number of carbonyl (C=O) groups excluding carboxylic acids is 1. The first-order valence-electron chi connectivity index (χ1n) is 6.29. The van der Waals surface area contributed by atoms with Crippen molar-refractivity contribution in [3.63, 3.8) is 0 Å². The van der Waals surface area contributed by atoms with Crippen LogP contribution in [0.2, 0.25) is 0 Å². The van der Waals surface area contributed by atoms with Crippen LogP contribution in [0.3, 0.4) is 0 Å². The number of amides is 1. The Morgan fingerprint density at radius 3 is 2.53 bits per heavy atom. The van der Waals surface area contributed by atoms with E-state index in [1.807, 2.05) is 13.8 Å². The van der Waals surface area contributed by atoms with E-state index in [4.69, 9.17) is 9.47 Å². The molecule has 1 aliphatic rings. The van der Waals surface area contributed by atoms with Crippen LogP contribution in [0.15, 0.2) is 18.2 Å². The Bertz CT molecular complexity index is 468. The lowest BCUT2D eigenvalue weighted by Crippen LogP contribution is -2.48. The number of carbonyl (C=O) groups is 1. The third kappa shape index (κ3) is 3.04. The third-order valence-corrected chi connectivity index (χ3v) is 3.11. The van der Waals surface area contributed by atoms with Crippen LogP contribution in [-0.4, -0.2) is 43.2 Å². The second-order valence-corrected chi connectivity index (χ2v) is 4.81. The summed E-state index contributed by atoms with van der Waals surface area (Å²) in [6, 6.07) is 4.27. The van der Waals surface area contributed by atoms with E-state index in [9.17, 15) is 9.18 Å². The molecule has 2 unspecified atom stereocenters. The van der Waals surface area contributed by atoms with Gasteiger partial charge in [0, 0.05) is 19.2 Å². The number of halogens is 1. The van der Waals surface area contributed by atoms with Crippen LogP contribution in [0.1, 0.15) is 24.2 Å². The van der Waals surface area contributed by atoms with Crippen molar-refractivity contribution in [2.24, 2.45) is 0 Å². The van der Waals surface area contributed by atoms with E-state index in [1.165, 1.54) is 19.2 Å². The minimum absolute atomic E-state index is 0.0333. The zero-order valence-electron chi connectivity index (χ0n) is 11.4. The van der Waals surface area contributed by atoms with Crippen LogP contribution >= 0.6 is 0 Å². The summed E-state index contributed by atoms with van der Waals surface area (Å²) >= 11 is 0. The van der Waals surface area contributed by atoms with E-state index in [1.54, 1.807) is 11.0 Å². The zero-order chi connectivity index (χ0) is 14.0. The van der Waals surface area contributed by atoms with Gasteiger partial charge in [0.1, 0.15) is 11.6 Å². The molecule has 104 valence electrons. The van der Waals surface area contributed by atoms with Crippen molar-refractivity contribution in [2.75, 3.05) is 20.2 Å². The number of nitrogens with zero attached hydrogens (tertiary/aromatic N) is 1. The van der Waals surface area contributed by atoms with Crippen molar-refractivity contribution in [2.45, 2.75) is 26.1 Å². The number of hydrogen-bond acceptors (Lipinski definition) is 3. The molecule has 1 saturated heterocycles. The molecule has 4 nitrogen and oxygen atoms in total. The molecule has 1 aromatic carbocycles. The quantitative estimate of drug-likeness (QED) is 0.823. The van der Waals surface area contributed by atoms with Crippen molar-refractivity contribution in [1.82, 2.24) is 4.90 Å². The maximum absolute atomic E-state index is 13.9. The highest BCUT2D eigenvalue weighted by Crippen LogP contribution is 2.20. The van der Waals surface area contributed by atoms with Gasteiger partial charge in [-0.2, -0.15) is 0 Å². The normalized spacial score (nSPS) is 23.3. The Balaban J connectivity index is 2.19. The molecule has 1 fully saturated rings. The van der Waals surface area contributed by atoms with Gasteiger partial charge in [-0.3, -0.25) is 4.79 Å². The molecule has 1 aliphatic heterocycles. The summed E-state index contributed by atoms with van der Waals surface area (Å²) in [6.07, 6.45) is -0.0666. The lowest BCUT2D eigenvalue weighted by Gasteiger charge is -2.35. The van der Waals surface area contributed by atoms with Gasteiger partial charge >= 0.3 is 0 Å². The van der Waals surface area contributed by atoms with Crippen molar-refractivity contribution in [1.29, 1.82) is 0 Å². The van der Waals surface area contributed by atoms with Crippen LogP contribution in [0.25, 0.3) is 0 Å². The first kappa shape index (κ1) is 13.8. The van der Waals surface area contributed by atoms with Crippen LogP contribution in [0.4, 0.5) is 4.39 Å². The minimum Gasteiger partial charge on any atom is -0.497 e. The zero-order valence-corrected chi connectivity index (χ0v) is 11.4. The fraction of sp³-hybridized carbons (Fsp3) is 0.500. The number of hydrogen-bond donors (Lipinski definition) is 0. The third-order valence-electron chi connectivity index (χ3n) is 3.11. The molecule has 2 rings (SSSR count). The van der Waals surface area contributed by atoms with Gasteiger partial charge in [0.25, 0.3) is 5.91 Å². The van der Waals surface area contributed by atoms with Crippen LogP contribution < -0.4 is 4.74 Å². The van der Waals surface area contributed by atoms with E-state index in [2.05, 4.69) is 0 Å². The summed E-state index contributed by atoms with van der Waals surface area (Å²) in [6.45, 7) is 4.77. The Hall–Kier alpha value is -1.62. The van der Waals surface area contributed by atoms with Crippen molar-refractivity contribution in [3.05, 3.63) is 29.6 Å². The second-order valence-electron chi connectivity index (χ2n) is 4.81. The molecule has 0 spiro atoms. The average Bonchev–Trinajstić information content (AvgIpc) is 2.36. The van der Waals surface area contributed by atoms with E-state index in [-0.39, 0.29) is 23.7 Å². The van der Waals surface area contributed by atoms with Gasteiger partial charge in [0.2, 0.25) is 0 Å². The Morgan fingerprint density at radius 1 is 1.37 bits per heavy atom. The fourth-order valence-electron chi connectivity index (χ4n) is 2.31. The standard InChI is InChI=1S/C14H18FNO3/c1-9-7-16(8-10(2)19-9)14(17)12-5-4-11(18-3)6-13(12)15/h4-6,9-10H,7-8H2,1-3H3. The maximum atomic E-state index is 13.9. The number of rotatable bonds is 2. The highest BCUT2D eigenvalue weighted by molar-refractivity contribution is 5.94. The number of benzene rings is 1. The molecule has 1 aromatic rings. The SMILES string of the molecule is COc1ccc(C(=O)N2CC(C)OC(C)C2)c(F)c1. The molecular weight excluding hydrogens is 249 g/mol. The predicted octanol–water partition coefficient (Wildman–Crippen LogP) is 2.08. The van der Waals surface area contributed by atoms with Crippen LogP contribution in [0.5, 0.6) is 5.75 Å². The van der Waals surface area contributed by atoms with E-state index in [0.29, 0.717) is 18.8 Å². The van der Waals surface area contributed by atoms with Gasteiger partial charge in [-0.15, -0.1) is 0 Å². The van der Waals surface area contributed by atoms with E-state index < -0.39 is 5.82 Å². The smallest absolute Gasteiger partial charge is 0.257 e. The van der Waals surface area contributed by atoms with Crippen LogP contribution in [-0.2, 0) is 4.74 Å². The summed E-state index contributed by atoms with van der Waals surface area (Å²) in [5, 5.41) is 0. The highest BCUT2D eigenvalue weighted by atomic mass is 19.1. The first-order valence-corrected chi connectivity index (χ1v) is 6.29. The molecule has 0 radical (unpaired) electrons. The molecule has 0 bridgehead atoms. The number of morpholine rings is 1. The lowest BCUT2D eigenvalue weighted by molar-refractivity contribution is -0.0587. The van der Waals surface area contributed by atoms with Gasteiger partial charge in [0.05, 0.1) is 24.9 Å². The van der Waals surface area contributed by atoms with Crippen molar-refractivity contribution < 1.29 is 18.7 Å². The Labute approximate surface area is 112 Å². The first-order chi connectivity index (χ1) is 9.01. The Morgan fingerprint density at radius 2 is 2.00 bits per heavy atom. The topological polar surface area (TPSA) is 38.8 Å². The summed E-state index contributed by atoms with van der Waals surface area (Å²) in [5.74, 6) is -0.462. The van der Waals surface area contributed by atoms with Crippen LogP contribution in [0, 0.1) is 5.82 Å². The number of ether oxygens (including phenoxy) is 2. The molecule has 0 saturated carbocycles. The molecular formula is C14H18FNO3. The molecule has 0 aromatic heterocycles. The Kier molecular flexibility index (Phi) is 4.04. The monoisotopic (exact) mass is 267 g/mol. The molecule has 1 heterocycles. The number of methoxy groups -OCH3 is 1. The summed E-state index contributed by atoms with van der Waals surface area (Å²) in [4.78, 5) is 13.9. The predicted molar refractivity (Wildman–Crippen MR) is 68.9 cm³/mol. The van der Waals surface area contributed by atoms with E-state index in [0.717, 1.165) is 0 Å². The average molecular weight is 267 g/mol. The van der Waals surface area contributed by atoms with Gasteiger partial charge < -0.3 is 14.4 Å². The molecule has 0 N–H and O–H groups in total. The lowest BCUT2D eigenvalue weighted by atomic mass is 10.1. The van der Waals surface area contributed by atoms with Crippen molar-refractivity contribution >= 4 is 5.91 Å². The molecule has 19 heavy (non-hydrogen) atoms. The molecule has 0 aliphatic carbocycles. The summed E-state index contributed by atoms with van der Waals surface area (Å²) in [5.41, 5.74) is 0.0714. The highest BCUT2D eigenvalue weighted by Gasteiger charge is 2.28.